The monoisotopic (exact) mass is 602 g/mol. The Morgan fingerprint density at radius 3 is 2.49 bits per heavy atom. The van der Waals surface area contributed by atoms with Gasteiger partial charge >= 0.3 is 0 Å². The van der Waals surface area contributed by atoms with Crippen LogP contribution >= 0.6 is 23.2 Å². The molecule has 2 aromatic heterocycles. The summed E-state index contributed by atoms with van der Waals surface area (Å²) in [7, 11) is 2.96. The minimum atomic E-state index is -0.327. The molecule has 1 aromatic carbocycles. The van der Waals surface area contributed by atoms with Crippen LogP contribution in [0.25, 0.3) is 22.2 Å². The molecule has 0 bridgehead atoms. The van der Waals surface area contributed by atoms with E-state index < -0.39 is 0 Å². The summed E-state index contributed by atoms with van der Waals surface area (Å²) in [5.41, 5.74) is 0.724. The number of fused-ring (bicyclic) bond motifs is 1. The van der Waals surface area contributed by atoms with E-state index in [0.717, 1.165) is 19.6 Å². The summed E-state index contributed by atoms with van der Waals surface area (Å²) in [5, 5.41) is 7.70. The van der Waals surface area contributed by atoms with Gasteiger partial charge in [-0.25, -0.2) is 4.98 Å². The Morgan fingerprint density at radius 2 is 1.88 bits per heavy atom. The summed E-state index contributed by atoms with van der Waals surface area (Å²) in [6.45, 7) is 7.71. The summed E-state index contributed by atoms with van der Waals surface area (Å²) in [4.78, 5) is 36.7. The van der Waals surface area contributed by atoms with E-state index in [4.69, 9.17) is 42.4 Å². The molecule has 0 atom stereocenters. The van der Waals surface area contributed by atoms with Gasteiger partial charge in [-0.1, -0.05) is 29.8 Å². The molecule has 2 aliphatic heterocycles. The summed E-state index contributed by atoms with van der Waals surface area (Å²) < 4.78 is 17.7. The van der Waals surface area contributed by atoms with Gasteiger partial charge in [0.15, 0.2) is 0 Å². The summed E-state index contributed by atoms with van der Waals surface area (Å²) in [6.07, 6.45) is 3.93. The fourth-order valence-corrected chi connectivity index (χ4v) is 5.59. The van der Waals surface area contributed by atoms with Gasteiger partial charge < -0.3 is 29.7 Å². The van der Waals surface area contributed by atoms with Crippen LogP contribution in [0.15, 0.2) is 35.8 Å². The highest BCUT2D eigenvalue weighted by Crippen LogP contribution is 2.45. The lowest BCUT2D eigenvalue weighted by atomic mass is 10.0. The fourth-order valence-electron chi connectivity index (χ4n) is 4.89. The highest BCUT2D eigenvalue weighted by atomic mass is 35.5. The zero-order chi connectivity index (χ0) is 29.1. The molecule has 41 heavy (non-hydrogen) atoms. The highest BCUT2D eigenvalue weighted by Gasteiger charge is 2.29. The minimum Gasteiger partial charge on any atom is -0.495 e. The Balaban J connectivity index is 1.49. The van der Waals surface area contributed by atoms with Gasteiger partial charge in [-0.05, 0) is 18.6 Å². The number of likely N-dealkylation sites (tertiary alicyclic amines) is 1. The zero-order valence-corrected chi connectivity index (χ0v) is 24.4. The third-order valence-corrected chi connectivity index (χ3v) is 8.10. The van der Waals surface area contributed by atoms with Crippen molar-refractivity contribution in [2.45, 2.75) is 19.0 Å². The molecule has 2 saturated heterocycles. The molecular formula is C28H32Cl2N6O5. The SMILES string of the molecule is C=CC(=O)N1CC(NCCn2c(=O)c(-c3c(Cl)c(OC)cc(OC)c3Cl)cc3cnc(NCCC4COC4)nc32)C1. The largest absolute Gasteiger partial charge is 0.495 e. The van der Waals surface area contributed by atoms with Crippen LogP contribution in [0.4, 0.5) is 5.95 Å². The number of aromatic nitrogens is 3. The van der Waals surface area contributed by atoms with Crippen molar-refractivity contribution in [3.8, 4) is 22.6 Å². The van der Waals surface area contributed by atoms with Crippen molar-refractivity contribution in [2.75, 3.05) is 58.9 Å². The van der Waals surface area contributed by atoms with Gasteiger partial charge in [0, 0.05) is 67.9 Å². The zero-order valence-electron chi connectivity index (χ0n) is 22.9. The number of rotatable bonds is 12. The van der Waals surface area contributed by atoms with Crippen molar-refractivity contribution in [1.29, 1.82) is 0 Å². The van der Waals surface area contributed by atoms with Crippen LogP contribution in [0.2, 0.25) is 10.0 Å². The van der Waals surface area contributed by atoms with E-state index in [2.05, 4.69) is 22.2 Å². The maximum atomic E-state index is 14.1. The molecule has 2 aliphatic rings. The first-order chi connectivity index (χ1) is 19.8. The van der Waals surface area contributed by atoms with E-state index in [9.17, 15) is 9.59 Å². The quantitative estimate of drug-likeness (QED) is 0.301. The fraction of sp³-hybridized carbons (Fsp3) is 0.429. The molecule has 0 unspecified atom stereocenters. The van der Waals surface area contributed by atoms with Crippen LogP contribution in [0.1, 0.15) is 6.42 Å². The number of nitrogens with one attached hydrogen (secondary N) is 2. The number of pyridine rings is 1. The number of benzene rings is 1. The van der Waals surface area contributed by atoms with Crippen molar-refractivity contribution >= 4 is 46.1 Å². The van der Waals surface area contributed by atoms with Gasteiger partial charge in [-0.2, -0.15) is 4.98 Å². The first-order valence-electron chi connectivity index (χ1n) is 13.3. The minimum absolute atomic E-state index is 0.0954. The smallest absolute Gasteiger partial charge is 0.260 e. The molecule has 1 amide bonds. The first-order valence-corrected chi connectivity index (χ1v) is 14.1. The van der Waals surface area contributed by atoms with Gasteiger partial charge in [-0.15, -0.1) is 0 Å². The molecular weight excluding hydrogens is 571 g/mol. The topological polar surface area (TPSA) is 120 Å². The van der Waals surface area contributed by atoms with E-state index in [1.165, 1.54) is 20.3 Å². The molecule has 2 fully saturated rings. The number of hydrogen-bond acceptors (Lipinski definition) is 9. The van der Waals surface area contributed by atoms with Crippen molar-refractivity contribution in [3.05, 3.63) is 51.4 Å². The number of amides is 1. The van der Waals surface area contributed by atoms with Crippen LogP contribution in [-0.2, 0) is 16.1 Å². The lowest BCUT2D eigenvalue weighted by molar-refractivity contribution is -0.130. The van der Waals surface area contributed by atoms with Crippen LogP contribution in [0, 0.1) is 5.92 Å². The average Bonchev–Trinajstić information content (AvgIpc) is 2.92. The van der Waals surface area contributed by atoms with Crippen LogP contribution in [0.5, 0.6) is 11.5 Å². The number of halogens is 2. The number of nitrogens with zero attached hydrogens (tertiary/aromatic N) is 4. The highest BCUT2D eigenvalue weighted by molar-refractivity contribution is 6.41. The van der Waals surface area contributed by atoms with Crippen molar-refractivity contribution in [3.63, 3.8) is 0 Å². The Hall–Kier alpha value is -3.38. The Kier molecular flexibility index (Phi) is 8.98. The second kappa shape index (κ2) is 12.6. The van der Waals surface area contributed by atoms with Gasteiger partial charge in [0.25, 0.3) is 5.56 Å². The predicted molar refractivity (Wildman–Crippen MR) is 158 cm³/mol. The van der Waals surface area contributed by atoms with Crippen molar-refractivity contribution in [2.24, 2.45) is 5.92 Å². The van der Waals surface area contributed by atoms with Crippen LogP contribution in [0.3, 0.4) is 0 Å². The average molecular weight is 604 g/mol. The maximum absolute atomic E-state index is 14.1. The number of anilines is 1. The van der Waals surface area contributed by atoms with Crippen molar-refractivity contribution < 1.29 is 19.0 Å². The third kappa shape index (κ3) is 5.99. The number of ether oxygens (including phenoxy) is 3. The standard InChI is InChI=1S/C28H32Cl2N6O5/c1-4-22(37)35-12-18(13-35)31-7-8-36-26-17(11-33-28(34-26)32-6-5-16-14-41-15-16)9-19(27(36)38)23-24(29)20(39-2)10-21(40-3)25(23)30/h4,9-11,16,18,31H,1,5-8,12-15H2,2-3H3,(H,32,33,34). The molecule has 0 spiro atoms. The number of hydrogen-bond donors (Lipinski definition) is 2. The molecule has 0 radical (unpaired) electrons. The van der Waals surface area contributed by atoms with E-state index in [0.29, 0.717) is 72.7 Å². The molecule has 13 heteroatoms. The third-order valence-electron chi connectivity index (χ3n) is 7.35. The summed E-state index contributed by atoms with van der Waals surface area (Å²) >= 11 is 13.4. The first kappa shape index (κ1) is 29.1. The molecule has 0 aliphatic carbocycles. The summed E-state index contributed by atoms with van der Waals surface area (Å²) in [6, 6.07) is 3.39. The molecule has 2 N–H and O–H groups in total. The lowest BCUT2D eigenvalue weighted by Gasteiger charge is -2.39. The van der Waals surface area contributed by atoms with Crippen molar-refractivity contribution in [1.82, 2.24) is 24.8 Å². The van der Waals surface area contributed by atoms with Gasteiger partial charge in [-0.3, -0.25) is 14.2 Å². The Labute approximate surface area is 247 Å². The molecule has 4 heterocycles. The van der Waals surface area contributed by atoms with Gasteiger partial charge in [0.2, 0.25) is 11.9 Å². The number of carbonyl (C=O) groups is 1. The predicted octanol–water partition coefficient (Wildman–Crippen LogP) is 3.22. The normalized spacial score (nSPS) is 15.4. The Bertz CT molecular complexity index is 1490. The molecule has 5 rings (SSSR count). The van der Waals surface area contributed by atoms with E-state index in [1.807, 2.05) is 0 Å². The molecule has 3 aromatic rings. The number of methoxy groups -OCH3 is 2. The van der Waals surface area contributed by atoms with Gasteiger partial charge in [0.05, 0.1) is 43.0 Å². The van der Waals surface area contributed by atoms with Crippen LogP contribution in [-0.4, -0.2) is 85.0 Å². The van der Waals surface area contributed by atoms with Crippen LogP contribution < -0.4 is 25.7 Å². The van der Waals surface area contributed by atoms with E-state index in [1.54, 1.807) is 27.8 Å². The second-order valence-corrected chi connectivity index (χ2v) is 10.7. The summed E-state index contributed by atoms with van der Waals surface area (Å²) in [5.74, 6) is 1.53. The maximum Gasteiger partial charge on any atom is 0.260 e. The molecule has 0 saturated carbocycles. The number of carbonyl (C=O) groups excluding carboxylic acids is 1. The van der Waals surface area contributed by atoms with E-state index in [-0.39, 0.29) is 33.1 Å². The second-order valence-electron chi connectivity index (χ2n) is 9.99. The Morgan fingerprint density at radius 1 is 1.17 bits per heavy atom. The molecule has 218 valence electrons. The van der Waals surface area contributed by atoms with Gasteiger partial charge in [0.1, 0.15) is 17.1 Å². The van der Waals surface area contributed by atoms with E-state index >= 15 is 0 Å². The lowest BCUT2D eigenvalue weighted by Crippen LogP contribution is -2.59. The molecule has 11 nitrogen and oxygen atoms in total.